The average molecular weight is 325 g/mol. The third kappa shape index (κ3) is 3.37. The Hall–Kier alpha value is -2.89. The number of nitrogens with one attached hydrogen (secondary N) is 1. The number of anilines is 1. The van der Waals surface area contributed by atoms with Crippen LogP contribution in [0.1, 0.15) is 28.8 Å². The third-order valence-electron chi connectivity index (χ3n) is 4.14. The van der Waals surface area contributed by atoms with Crippen molar-refractivity contribution in [2.75, 3.05) is 11.4 Å². The lowest BCUT2D eigenvalue weighted by Gasteiger charge is -2.16. The summed E-state index contributed by atoms with van der Waals surface area (Å²) in [5, 5.41) is 2.79. The minimum atomic E-state index is -0.286. The van der Waals surface area contributed by atoms with E-state index in [4.69, 9.17) is 0 Å². The molecular weight excluding hydrogens is 306 g/mol. The largest absolute Gasteiger partial charge is 0.348 e. The van der Waals surface area contributed by atoms with Crippen LogP contribution >= 0.6 is 0 Å². The van der Waals surface area contributed by atoms with Crippen molar-refractivity contribution in [3.63, 3.8) is 0 Å². The van der Waals surface area contributed by atoms with Gasteiger partial charge in [0.05, 0.1) is 0 Å². The average Bonchev–Trinajstić information content (AvgIpc) is 3.01. The second-order valence-electron chi connectivity index (χ2n) is 5.86. The number of rotatable bonds is 4. The minimum Gasteiger partial charge on any atom is -0.348 e. The van der Waals surface area contributed by atoms with Gasteiger partial charge in [0.1, 0.15) is 0 Å². The second kappa shape index (κ2) is 6.70. The fourth-order valence-electron chi connectivity index (χ4n) is 2.69. The number of carbonyl (C=O) groups is 2. The number of carbonyl (C=O) groups excluding carboxylic acids is 2. The maximum Gasteiger partial charge on any atom is 0.251 e. The highest BCUT2D eigenvalue weighted by atomic mass is 16.2. The van der Waals surface area contributed by atoms with Gasteiger partial charge < -0.3 is 14.8 Å². The van der Waals surface area contributed by atoms with Gasteiger partial charge in [-0.05, 0) is 30.2 Å². The molecule has 0 spiro atoms. The Morgan fingerprint density at radius 1 is 1.17 bits per heavy atom. The van der Waals surface area contributed by atoms with Crippen molar-refractivity contribution < 1.29 is 9.59 Å². The van der Waals surface area contributed by atoms with E-state index in [0.717, 1.165) is 24.2 Å². The van der Waals surface area contributed by atoms with Gasteiger partial charge >= 0.3 is 0 Å². The quantitative estimate of drug-likeness (QED) is 0.925. The summed E-state index contributed by atoms with van der Waals surface area (Å²) in [5.74, 6) is -0.131. The van der Waals surface area contributed by atoms with Crippen molar-refractivity contribution in [2.24, 2.45) is 7.05 Å². The molecule has 6 nitrogen and oxygen atoms in total. The van der Waals surface area contributed by atoms with E-state index in [1.165, 1.54) is 10.6 Å². The first-order valence-electron chi connectivity index (χ1n) is 7.89. The van der Waals surface area contributed by atoms with E-state index in [0.29, 0.717) is 18.5 Å². The van der Waals surface area contributed by atoms with Crippen molar-refractivity contribution in [1.29, 1.82) is 0 Å². The predicted octanol–water partition coefficient (Wildman–Crippen LogP) is 1.44. The highest BCUT2D eigenvalue weighted by Crippen LogP contribution is 2.21. The standard InChI is InChI=1S/C18H19N3O3/c1-20-10-8-14(11-17(20)23)18(24)19-12-13-4-6-15(7-5-13)21-9-2-3-16(21)22/h4-8,10-11H,2-3,9,12H2,1H3,(H,19,24). The van der Waals surface area contributed by atoms with Gasteiger partial charge in [0.15, 0.2) is 0 Å². The van der Waals surface area contributed by atoms with E-state index < -0.39 is 0 Å². The molecule has 1 aliphatic heterocycles. The minimum absolute atomic E-state index is 0.154. The van der Waals surface area contributed by atoms with E-state index in [9.17, 15) is 14.4 Å². The summed E-state index contributed by atoms with van der Waals surface area (Å²) in [5.41, 5.74) is 1.95. The molecule has 1 saturated heterocycles. The molecule has 6 heteroatoms. The first-order chi connectivity index (χ1) is 11.5. The SMILES string of the molecule is Cn1ccc(C(=O)NCc2ccc(N3CCCC3=O)cc2)cc1=O. The molecule has 1 aliphatic rings. The van der Waals surface area contributed by atoms with Crippen molar-refractivity contribution >= 4 is 17.5 Å². The summed E-state index contributed by atoms with van der Waals surface area (Å²) in [6.07, 6.45) is 3.07. The van der Waals surface area contributed by atoms with Gasteiger partial charge in [-0.1, -0.05) is 12.1 Å². The van der Waals surface area contributed by atoms with Crippen LogP contribution in [0.4, 0.5) is 5.69 Å². The first kappa shape index (κ1) is 16.0. The van der Waals surface area contributed by atoms with Gasteiger partial charge in [-0.3, -0.25) is 14.4 Å². The topological polar surface area (TPSA) is 71.4 Å². The molecule has 0 unspecified atom stereocenters. The van der Waals surface area contributed by atoms with Gasteiger partial charge in [-0.2, -0.15) is 0 Å². The number of hydrogen-bond donors (Lipinski definition) is 1. The number of nitrogens with zero attached hydrogens (tertiary/aromatic N) is 2. The zero-order valence-electron chi connectivity index (χ0n) is 13.5. The van der Waals surface area contributed by atoms with E-state index in [-0.39, 0.29) is 17.4 Å². The molecule has 124 valence electrons. The molecule has 0 saturated carbocycles. The summed E-state index contributed by atoms with van der Waals surface area (Å²) in [7, 11) is 1.64. The van der Waals surface area contributed by atoms with Gasteiger partial charge in [-0.15, -0.1) is 0 Å². The molecule has 3 rings (SSSR count). The summed E-state index contributed by atoms with van der Waals surface area (Å²) in [6.45, 7) is 1.13. The summed E-state index contributed by atoms with van der Waals surface area (Å²) >= 11 is 0. The zero-order valence-corrected chi connectivity index (χ0v) is 13.5. The molecule has 2 heterocycles. The molecule has 24 heavy (non-hydrogen) atoms. The van der Waals surface area contributed by atoms with Crippen LogP contribution in [0.5, 0.6) is 0 Å². The van der Waals surface area contributed by atoms with Crippen LogP contribution in [0.15, 0.2) is 47.4 Å². The van der Waals surface area contributed by atoms with Crippen molar-refractivity contribution in [2.45, 2.75) is 19.4 Å². The van der Waals surface area contributed by atoms with Crippen molar-refractivity contribution in [3.05, 3.63) is 64.1 Å². The number of benzene rings is 1. The maximum absolute atomic E-state index is 12.1. The van der Waals surface area contributed by atoms with Gasteiger partial charge in [0.2, 0.25) is 5.91 Å². The van der Waals surface area contributed by atoms with Gasteiger partial charge in [0.25, 0.3) is 11.5 Å². The Balaban J connectivity index is 1.62. The van der Waals surface area contributed by atoms with Gasteiger partial charge in [0, 0.05) is 50.1 Å². The predicted molar refractivity (Wildman–Crippen MR) is 90.9 cm³/mol. The molecule has 1 aromatic heterocycles. The summed E-state index contributed by atoms with van der Waals surface area (Å²) < 4.78 is 1.41. The number of hydrogen-bond acceptors (Lipinski definition) is 3. The molecule has 2 aromatic rings. The summed E-state index contributed by atoms with van der Waals surface area (Å²) in [6, 6.07) is 10.5. The molecular formula is C18H19N3O3. The smallest absolute Gasteiger partial charge is 0.251 e. The second-order valence-corrected chi connectivity index (χ2v) is 5.86. The number of aromatic nitrogens is 1. The Morgan fingerprint density at radius 3 is 2.54 bits per heavy atom. The highest BCUT2D eigenvalue weighted by molar-refractivity contribution is 5.95. The Bertz CT molecular complexity index is 824. The highest BCUT2D eigenvalue weighted by Gasteiger charge is 2.21. The lowest BCUT2D eigenvalue weighted by atomic mass is 10.2. The van der Waals surface area contributed by atoms with Crippen LogP contribution < -0.4 is 15.8 Å². The molecule has 1 fully saturated rings. The fraction of sp³-hybridized carbons (Fsp3) is 0.278. The van der Waals surface area contributed by atoms with E-state index in [2.05, 4.69) is 5.32 Å². The molecule has 0 bridgehead atoms. The first-order valence-corrected chi connectivity index (χ1v) is 7.89. The molecule has 0 radical (unpaired) electrons. The van der Waals surface area contributed by atoms with Crippen LogP contribution in [0, 0.1) is 0 Å². The van der Waals surface area contributed by atoms with Crippen LogP contribution in [0.25, 0.3) is 0 Å². The summed E-state index contributed by atoms with van der Waals surface area (Å²) in [4.78, 5) is 37.2. The van der Waals surface area contributed by atoms with Crippen molar-refractivity contribution in [1.82, 2.24) is 9.88 Å². The number of amides is 2. The van der Waals surface area contributed by atoms with Crippen LogP contribution in [0.3, 0.4) is 0 Å². The molecule has 0 atom stereocenters. The van der Waals surface area contributed by atoms with Gasteiger partial charge in [-0.25, -0.2) is 0 Å². The fourth-order valence-corrected chi connectivity index (χ4v) is 2.69. The third-order valence-corrected chi connectivity index (χ3v) is 4.14. The van der Waals surface area contributed by atoms with E-state index in [1.54, 1.807) is 24.2 Å². The number of aryl methyl sites for hydroxylation is 1. The molecule has 1 N–H and O–H groups in total. The molecule has 0 aliphatic carbocycles. The van der Waals surface area contributed by atoms with E-state index >= 15 is 0 Å². The van der Waals surface area contributed by atoms with Crippen LogP contribution in [0.2, 0.25) is 0 Å². The van der Waals surface area contributed by atoms with Crippen LogP contribution in [-0.2, 0) is 18.4 Å². The molecule has 2 amide bonds. The Kier molecular flexibility index (Phi) is 4.46. The lowest BCUT2D eigenvalue weighted by molar-refractivity contribution is -0.117. The Morgan fingerprint density at radius 2 is 1.92 bits per heavy atom. The maximum atomic E-state index is 12.1. The normalized spacial score (nSPS) is 14.0. The molecule has 1 aromatic carbocycles. The van der Waals surface area contributed by atoms with Crippen LogP contribution in [-0.4, -0.2) is 22.9 Å². The van der Waals surface area contributed by atoms with Crippen molar-refractivity contribution in [3.8, 4) is 0 Å². The number of pyridine rings is 1. The zero-order chi connectivity index (χ0) is 17.1. The lowest BCUT2D eigenvalue weighted by Crippen LogP contribution is -2.26. The van der Waals surface area contributed by atoms with E-state index in [1.807, 2.05) is 24.3 Å². The monoisotopic (exact) mass is 325 g/mol. The Labute approximate surface area is 139 Å².